The Hall–Kier alpha value is -3.75. The summed E-state index contributed by atoms with van der Waals surface area (Å²) in [5.74, 6) is -2.82. The van der Waals surface area contributed by atoms with E-state index in [1.54, 1.807) is 33.4 Å². The molecule has 1 aliphatic rings. The molecular formula is C27H29F3N4O2. The largest absolute Gasteiger partial charge is 0.495 e. The molecule has 4 rings (SSSR count). The third kappa shape index (κ3) is 4.96. The van der Waals surface area contributed by atoms with Crippen molar-refractivity contribution in [3.05, 3.63) is 83.2 Å². The molecule has 0 radical (unpaired) electrons. The van der Waals surface area contributed by atoms with Gasteiger partial charge in [0.2, 0.25) is 0 Å². The molecule has 0 unspecified atom stereocenters. The lowest BCUT2D eigenvalue weighted by molar-refractivity contribution is -0.0851. The Bertz CT molecular complexity index is 1290. The predicted molar refractivity (Wildman–Crippen MR) is 133 cm³/mol. The van der Waals surface area contributed by atoms with Crippen LogP contribution in [0.5, 0.6) is 5.75 Å². The number of hydrogen-bond donors (Lipinski definition) is 0. The number of ether oxygens (including phenoxy) is 1. The zero-order chi connectivity index (χ0) is 26.0. The first-order chi connectivity index (χ1) is 17.1. The highest BCUT2D eigenvalue weighted by Crippen LogP contribution is 2.39. The number of imidazole rings is 1. The van der Waals surface area contributed by atoms with Crippen LogP contribution in [0, 0.1) is 24.4 Å². The molecule has 0 amide bonds. The average molecular weight is 499 g/mol. The van der Waals surface area contributed by atoms with Crippen LogP contribution in [-0.2, 0) is 4.84 Å². The van der Waals surface area contributed by atoms with E-state index in [2.05, 4.69) is 10.1 Å². The van der Waals surface area contributed by atoms with Gasteiger partial charge in [-0.15, -0.1) is 0 Å². The number of nitrogens with zero attached hydrogens (tertiary/aromatic N) is 4. The Morgan fingerprint density at radius 1 is 1.11 bits per heavy atom. The SMILES string of the molecule is CCCN1C(C=Cc2ccc(-n3cnc(C)c3)c(OC)c2)=NOC(C)(C)[C@@H]1c1cc(F)c(F)c(F)c1. The standard InChI is InChI=1S/C27H29F3N4O2/c1-6-11-34-24(32-36-27(3,4)26(34)19-13-20(28)25(30)21(29)14-19)10-8-18-7-9-22(23(12-18)35-5)33-15-17(2)31-16-33/h7-10,12-16,26H,6,11H2,1-5H3/t26-/m0/s1. The van der Waals surface area contributed by atoms with Crippen molar-refractivity contribution in [2.45, 2.75) is 45.8 Å². The van der Waals surface area contributed by atoms with Gasteiger partial charge in [0.25, 0.3) is 0 Å². The summed E-state index contributed by atoms with van der Waals surface area (Å²) in [7, 11) is 1.60. The second-order valence-corrected chi connectivity index (χ2v) is 9.23. The molecular weight excluding hydrogens is 469 g/mol. The van der Waals surface area contributed by atoms with Crippen LogP contribution in [0.3, 0.4) is 0 Å². The van der Waals surface area contributed by atoms with Crippen molar-refractivity contribution >= 4 is 11.9 Å². The van der Waals surface area contributed by atoms with Crippen LogP contribution < -0.4 is 4.74 Å². The number of aryl methyl sites for hydroxylation is 1. The Labute approximate surface area is 208 Å². The minimum absolute atomic E-state index is 0.271. The van der Waals surface area contributed by atoms with Gasteiger partial charge in [0.05, 0.1) is 30.9 Å². The normalized spacial score (nSPS) is 17.3. The molecule has 0 bridgehead atoms. The van der Waals surface area contributed by atoms with Gasteiger partial charge in [0.15, 0.2) is 28.9 Å². The fourth-order valence-electron chi connectivity index (χ4n) is 4.43. The molecule has 0 spiro atoms. The number of methoxy groups -OCH3 is 1. The maximum atomic E-state index is 14.1. The second kappa shape index (κ2) is 10.1. The van der Waals surface area contributed by atoms with Crippen molar-refractivity contribution in [2.75, 3.05) is 13.7 Å². The Balaban J connectivity index is 1.68. The van der Waals surface area contributed by atoms with E-state index in [1.165, 1.54) is 0 Å². The summed E-state index contributed by atoms with van der Waals surface area (Å²) in [6.45, 7) is 8.02. The molecule has 0 aliphatic carbocycles. The molecule has 0 saturated carbocycles. The smallest absolute Gasteiger partial charge is 0.194 e. The summed E-state index contributed by atoms with van der Waals surface area (Å²) < 4.78 is 49.4. The van der Waals surface area contributed by atoms with Crippen molar-refractivity contribution < 1.29 is 22.7 Å². The highest BCUT2D eigenvalue weighted by molar-refractivity contribution is 5.97. The van der Waals surface area contributed by atoms with E-state index >= 15 is 0 Å². The van der Waals surface area contributed by atoms with E-state index in [1.807, 2.05) is 53.8 Å². The van der Waals surface area contributed by atoms with Crippen LogP contribution in [-0.4, -0.2) is 39.5 Å². The predicted octanol–water partition coefficient (Wildman–Crippen LogP) is 6.20. The van der Waals surface area contributed by atoms with Crippen molar-refractivity contribution in [3.63, 3.8) is 0 Å². The molecule has 36 heavy (non-hydrogen) atoms. The molecule has 2 heterocycles. The van der Waals surface area contributed by atoms with Gasteiger partial charge in [-0.1, -0.05) is 24.2 Å². The summed E-state index contributed by atoms with van der Waals surface area (Å²) >= 11 is 0. The summed E-state index contributed by atoms with van der Waals surface area (Å²) in [6.07, 6.45) is 8.02. The van der Waals surface area contributed by atoms with Gasteiger partial charge in [-0.25, -0.2) is 18.2 Å². The van der Waals surface area contributed by atoms with Crippen LogP contribution >= 0.6 is 0 Å². The van der Waals surface area contributed by atoms with E-state index in [9.17, 15) is 13.2 Å². The van der Waals surface area contributed by atoms with E-state index in [0.29, 0.717) is 18.1 Å². The molecule has 6 nitrogen and oxygen atoms in total. The van der Waals surface area contributed by atoms with Crippen LogP contribution in [0.2, 0.25) is 0 Å². The molecule has 3 aromatic rings. The molecule has 2 aromatic carbocycles. The molecule has 1 atom stereocenters. The molecule has 9 heteroatoms. The fraction of sp³-hybridized carbons (Fsp3) is 0.333. The van der Waals surface area contributed by atoms with Gasteiger partial charge in [0, 0.05) is 12.7 Å². The third-order valence-corrected chi connectivity index (χ3v) is 6.04. The first kappa shape index (κ1) is 25.3. The number of benzene rings is 2. The van der Waals surface area contributed by atoms with Gasteiger partial charge in [-0.3, -0.25) is 0 Å². The van der Waals surface area contributed by atoms with Crippen molar-refractivity contribution in [2.24, 2.45) is 5.16 Å². The molecule has 0 N–H and O–H groups in total. The Morgan fingerprint density at radius 2 is 1.83 bits per heavy atom. The van der Waals surface area contributed by atoms with Crippen molar-refractivity contribution in [1.82, 2.24) is 14.5 Å². The quantitative estimate of drug-likeness (QED) is 0.364. The molecule has 1 aliphatic heterocycles. The highest BCUT2D eigenvalue weighted by Gasteiger charge is 2.42. The first-order valence-electron chi connectivity index (χ1n) is 11.7. The third-order valence-electron chi connectivity index (χ3n) is 6.04. The first-order valence-corrected chi connectivity index (χ1v) is 11.7. The maximum absolute atomic E-state index is 14.1. The summed E-state index contributed by atoms with van der Waals surface area (Å²) in [5.41, 5.74) is 1.95. The van der Waals surface area contributed by atoms with E-state index < -0.39 is 29.1 Å². The van der Waals surface area contributed by atoms with Crippen LogP contribution in [0.1, 0.15) is 50.1 Å². The van der Waals surface area contributed by atoms with Gasteiger partial charge < -0.3 is 19.0 Å². The Morgan fingerprint density at radius 3 is 2.44 bits per heavy atom. The van der Waals surface area contributed by atoms with Crippen molar-refractivity contribution in [1.29, 1.82) is 0 Å². The number of halogens is 3. The van der Waals surface area contributed by atoms with Gasteiger partial charge in [-0.05, 0) is 68.7 Å². The van der Waals surface area contributed by atoms with E-state index in [0.717, 1.165) is 35.5 Å². The van der Waals surface area contributed by atoms with Gasteiger partial charge >= 0.3 is 0 Å². The van der Waals surface area contributed by atoms with E-state index in [4.69, 9.17) is 9.57 Å². The second-order valence-electron chi connectivity index (χ2n) is 9.23. The van der Waals surface area contributed by atoms with Crippen LogP contribution in [0.4, 0.5) is 13.2 Å². The summed E-state index contributed by atoms with van der Waals surface area (Å²) in [6, 6.07) is 7.20. The number of amidine groups is 1. The zero-order valence-electron chi connectivity index (χ0n) is 20.9. The fourth-order valence-corrected chi connectivity index (χ4v) is 4.43. The van der Waals surface area contributed by atoms with Gasteiger partial charge in [-0.2, -0.15) is 0 Å². The average Bonchev–Trinajstić information content (AvgIpc) is 3.27. The molecule has 0 saturated heterocycles. The number of hydrogen-bond acceptors (Lipinski definition) is 5. The summed E-state index contributed by atoms with van der Waals surface area (Å²) in [5, 5.41) is 4.30. The zero-order valence-corrected chi connectivity index (χ0v) is 20.9. The maximum Gasteiger partial charge on any atom is 0.194 e. The summed E-state index contributed by atoms with van der Waals surface area (Å²) in [4.78, 5) is 12.0. The molecule has 0 fully saturated rings. The van der Waals surface area contributed by atoms with Gasteiger partial charge in [0.1, 0.15) is 5.75 Å². The lowest BCUT2D eigenvalue weighted by Crippen LogP contribution is -2.50. The minimum Gasteiger partial charge on any atom is -0.495 e. The lowest BCUT2D eigenvalue weighted by Gasteiger charge is -2.45. The monoisotopic (exact) mass is 498 g/mol. The van der Waals surface area contributed by atoms with Crippen molar-refractivity contribution in [3.8, 4) is 11.4 Å². The van der Waals surface area contributed by atoms with E-state index in [-0.39, 0.29) is 5.56 Å². The van der Waals surface area contributed by atoms with Crippen LogP contribution in [0.25, 0.3) is 11.8 Å². The Kier molecular flexibility index (Phi) is 7.10. The number of aromatic nitrogens is 2. The molecule has 190 valence electrons. The highest BCUT2D eigenvalue weighted by atomic mass is 19.2. The number of rotatable bonds is 7. The lowest BCUT2D eigenvalue weighted by atomic mass is 9.89. The van der Waals surface area contributed by atoms with Crippen LogP contribution in [0.15, 0.2) is 54.1 Å². The minimum atomic E-state index is -1.49. The molecule has 1 aromatic heterocycles. The topological polar surface area (TPSA) is 51.9 Å². The number of oxime groups is 1.